The fourth-order valence-corrected chi connectivity index (χ4v) is 3.86. The number of thiophene rings is 1. The lowest BCUT2D eigenvalue weighted by molar-refractivity contribution is 0.189. The maximum atomic E-state index is 5.90. The van der Waals surface area contributed by atoms with Gasteiger partial charge in [-0.15, -0.1) is 11.3 Å². The van der Waals surface area contributed by atoms with Crippen molar-refractivity contribution in [3.8, 4) is 0 Å². The van der Waals surface area contributed by atoms with E-state index in [9.17, 15) is 0 Å². The molecule has 1 heterocycles. The number of hydrogen-bond acceptors (Lipinski definition) is 3. The summed E-state index contributed by atoms with van der Waals surface area (Å²) < 4.78 is 0. The molecule has 0 aliphatic heterocycles. The molecule has 2 nitrogen and oxygen atoms in total. The van der Waals surface area contributed by atoms with Crippen molar-refractivity contribution in [1.29, 1.82) is 0 Å². The Labute approximate surface area is 126 Å². The highest BCUT2D eigenvalue weighted by Crippen LogP contribution is 2.21. The molecule has 0 unspecified atom stereocenters. The number of halogens is 1. The molecular weight excluding hydrogens is 276 g/mol. The first-order valence-corrected chi connectivity index (χ1v) is 8.65. The summed E-state index contributed by atoms with van der Waals surface area (Å²) in [6, 6.07) is 2.89. The molecule has 1 N–H and O–H groups in total. The Bertz CT molecular complexity index is 361. The SMILES string of the molecule is CN(CCCNCc1cc(Cl)cs1)C1CCCCC1. The number of rotatable bonds is 7. The van der Waals surface area contributed by atoms with Gasteiger partial charge in [0.25, 0.3) is 0 Å². The Morgan fingerprint density at radius 2 is 2.16 bits per heavy atom. The number of hydrogen-bond donors (Lipinski definition) is 1. The van der Waals surface area contributed by atoms with Crippen molar-refractivity contribution in [2.75, 3.05) is 20.1 Å². The van der Waals surface area contributed by atoms with Gasteiger partial charge in [0.05, 0.1) is 5.02 Å². The van der Waals surface area contributed by atoms with Crippen LogP contribution < -0.4 is 5.32 Å². The van der Waals surface area contributed by atoms with Gasteiger partial charge in [-0.05, 0) is 45.5 Å². The van der Waals surface area contributed by atoms with Gasteiger partial charge >= 0.3 is 0 Å². The molecule has 1 saturated carbocycles. The molecule has 4 heteroatoms. The monoisotopic (exact) mass is 300 g/mol. The molecule has 2 rings (SSSR count). The minimum Gasteiger partial charge on any atom is -0.312 e. The van der Waals surface area contributed by atoms with Crippen LogP contribution in [-0.4, -0.2) is 31.1 Å². The number of nitrogens with zero attached hydrogens (tertiary/aromatic N) is 1. The van der Waals surface area contributed by atoms with E-state index in [0.717, 1.165) is 24.2 Å². The molecule has 1 aliphatic rings. The summed E-state index contributed by atoms with van der Waals surface area (Å²) >= 11 is 7.64. The Kier molecular flexibility index (Phi) is 6.65. The summed E-state index contributed by atoms with van der Waals surface area (Å²) in [7, 11) is 2.29. The van der Waals surface area contributed by atoms with Gasteiger partial charge < -0.3 is 10.2 Å². The van der Waals surface area contributed by atoms with Crippen molar-refractivity contribution in [1.82, 2.24) is 10.2 Å². The molecule has 1 fully saturated rings. The van der Waals surface area contributed by atoms with E-state index in [1.165, 1.54) is 49.9 Å². The second-order valence-electron chi connectivity index (χ2n) is 5.53. The summed E-state index contributed by atoms with van der Waals surface area (Å²) in [5.41, 5.74) is 0. The van der Waals surface area contributed by atoms with Crippen LogP contribution in [0.15, 0.2) is 11.4 Å². The summed E-state index contributed by atoms with van der Waals surface area (Å²) in [5.74, 6) is 0. The van der Waals surface area contributed by atoms with Crippen molar-refractivity contribution in [3.05, 3.63) is 21.3 Å². The van der Waals surface area contributed by atoms with E-state index >= 15 is 0 Å². The predicted octanol–water partition coefficient (Wildman–Crippen LogP) is 4.15. The van der Waals surface area contributed by atoms with Crippen LogP contribution in [0.4, 0.5) is 0 Å². The van der Waals surface area contributed by atoms with Crippen LogP contribution in [0.25, 0.3) is 0 Å². The van der Waals surface area contributed by atoms with Gasteiger partial charge in [-0.1, -0.05) is 30.9 Å². The fourth-order valence-electron chi connectivity index (χ4n) is 2.82. The van der Waals surface area contributed by atoms with Gasteiger partial charge in [-0.3, -0.25) is 0 Å². The lowest BCUT2D eigenvalue weighted by atomic mass is 9.94. The van der Waals surface area contributed by atoms with Crippen LogP contribution >= 0.6 is 22.9 Å². The second kappa shape index (κ2) is 8.25. The molecule has 0 aromatic carbocycles. The van der Waals surface area contributed by atoms with E-state index in [0.29, 0.717) is 0 Å². The molecule has 0 atom stereocenters. The third kappa shape index (κ3) is 5.42. The molecule has 1 aliphatic carbocycles. The molecule has 1 aromatic heterocycles. The van der Waals surface area contributed by atoms with Gasteiger partial charge in [0.15, 0.2) is 0 Å². The number of nitrogens with one attached hydrogen (secondary N) is 1. The lowest BCUT2D eigenvalue weighted by Crippen LogP contribution is -2.35. The second-order valence-corrected chi connectivity index (χ2v) is 6.97. The van der Waals surface area contributed by atoms with Crippen molar-refractivity contribution in [2.24, 2.45) is 0 Å². The Morgan fingerprint density at radius 1 is 1.37 bits per heavy atom. The largest absolute Gasteiger partial charge is 0.312 e. The Hall–Kier alpha value is -0.0900. The Morgan fingerprint density at radius 3 is 2.84 bits per heavy atom. The van der Waals surface area contributed by atoms with Crippen molar-refractivity contribution >= 4 is 22.9 Å². The molecule has 1 aromatic rings. The van der Waals surface area contributed by atoms with Gasteiger partial charge in [0.2, 0.25) is 0 Å². The fraction of sp³-hybridized carbons (Fsp3) is 0.733. The maximum absolute atomic E-state index is 5.90. The molecule has 0 bridgehead atoms. The summed E-state index contributed by atoms with van der Waals surface area (Å²) in [6.07, 6.45) is 8.31. The molecular formula is C15H25ClN2S. The summed E-state index contributed by atoms with van der Waals surface area (Å²) in [5, 5.41) is 6.35. The first kappa shape index (κ1) is 15.3. The Balaban J connectivity index is 1.53. The van der Waals surface area contributed by atoms with Crippen LogP contribution in [0.5, 0.6) is 0 Å². The van der Waals surface area contributed by atoms with Crippen LogP contribution in [0.2, 0.25) is 5.02 Å². The van der Waals surface area contributed by atoms with E-state index in [-0.39, 0.29) is 0 Å². The molecule has 0 radical (unpaired) electrons. The minimum atomic E-state index is 0.838. The van der Waals surface area contributed by atoms with E-state index < -0.39 is 0 Å². The minimum absolute atomic E-state index is 0.838. The van der Waals surface area contributed by atoms with E-state index in [4.69, 9.17) is 11.6 Å². The smallest absolute Gasteiger partial charge is 0.0516 e. The average Bonchev–Trinajstić information content (AvgIpc) is 2.85. The van der Waals surface area contributed by atoms with Gasteiger partial charge in [-0.25, -0.2) is 0 Å². The van der Waals surface area contributed by atoms with E-state index in [1.807, 2.05) is 11.4 Å². The zero-order valence-corrected chi connectivity index (χ0v) is 13.4. The van der Waals surface area contributed by atoms with E-state index in [2.05, 4.69) is 17.3 Å². The lowest BCUT2D eigenvalue weighted by Gasteiger charge is -2.31. The van der Waals surface area contributed by atoms with Crippen molar-refractivity contribution < 1.29 is 0 Å². The molecule has 0 spiro atoms. The first-order valence-electron chi connectivity index (χ1n) is 7.39. The van der Waals surface area contributed by atoms with E-state index in [1.54, 1.807) is 11.3 Å². The summed E-state index contributed by atoms with van der Waals surface area (Å²) in [6.45, 7) is 3.25. The van der Waals surface area contributed by atoms with Crippen LogP contribution in [0, 0.1) is 0 Å². The third-order valence-electron chi connectivity index (χ3n) is 3.98. The van der Waals surface area contributed by atoms with Crippen molar-refractivity contribution in [3.63, 3.8) is 0 Å². The standard InChI is InChI=1S/C15H25ClN2S/c1-18(14-6-3-2-4-7-14)9-5-8-17-11-15-10-13(16)12-19-15/h10,12,14,17H,2-9,11H2,1H3. The zero-order chi connectivity index (χ0) is 13.5. The first-order chi connectivity index (χ1) is 9.25. The molecule has 0 saturated heterocycles. The van der Waals surface area contributed by atoms with Gasteiger partial charge in [0.1, 0.15) is 0 Å². The van der Waals surface area contributed by atoms with Crippen molar-refractivity contribution in [2.45, 2.75) is 51.1 Å². The molecule has 19 heavy (non-hydrogen) atoms. The highest BCUT2D eigenvalue weighted by Gasteiger charge is 2.16. The summed E-state index contributed by atoms with van der Waals surface area (Å²) in [4.78, 5) is 3.88. The maximum Gasteiger partial charge on any atom is 0.0516 e. The normalized spacial score (nSPS) is 17.2. The van der Waals surface area contributed by atoms with Crippen LogP contribution in [0.3, 0.4) is 0 Å². The van der Waals surface area contributed by atoms with Crippen LogP contribution in [0.1, 0.15) is 43.4 Å². The van der Waals surface area contributed by atoms with Gasteiger partial charge in [-0.2, -0.15) is 0 Å². The average molecular weight is 301 g/mol. The third-order valence-corrected chi connectivity index (χ3v) is 5.27. The van der Waals surface area contributed by atoms with Gasteiger partial charge in [0, 0.05) is 22.8 Å². The molecule has 108 valence electrons. The molecule has 0 amide bonds. The highest BCUT2D eigenvalue weighted by molar-refractivity contribution is 7.10. The topological polar surface area (TPSA) is 15.3 Å². The quantitative estimate of drug-likeness (QED) is 0.761. The highest BCUT2D eigenvalue weighted by atomic mass is 35.5. The van der Waals surface area contributed by atoms with Crippen LogP contribution in [-0.2, 0) is 6.54 Å². The predicted molar refractivity (Wildman–Crippen MR) is 85.2 cm³/mol. The zero-order valence-electron chi connectivity index (χ0n) is 11.8.